The van der Waals surface area contributed by atoms with Gasteiger partial charge in [-0.25, -0.2) is 4.68 Å². The fraction of sp³-hybridized carbons (Fsp3) is 0.448. The predicted molar refractivity (Wildman–Crippen MR) is 147 cm³/mol. The number of aryl methyl sites for hydroxylation is 1. The van der Waals surface area contributed by atoms with Crippen LogP contribution in [0.15, 0.2) is 53.3 Å². The zero-order chi connectivity index (χ0) is 26.6. The van der Waals surface area contributed by atoms with E-state index in [1.165, 1.54) is 5.56 Å². The van der Waals surface area contributed by atoms with Crippen molar-refractivity contribution in [1.82, 2.24) is 30.1 Å². The fourth-order valence-corrected chi connectivity index (χ4v) is 4.69. The minimum absolute atomic E-state index is 0.0696. The molecular weight excluding hydrogens is 464 g/mol. The molecule has 0 unspecified atom stereocenters. The number of nitrogens with one attached hydrogen (secondary N) is 1. The number of aromatic amines is 1. The van der Waals surface area contributed by atoms with Crippen molar-refractivity contribution in [3.8, 4) is 5.75 Å². The van der Waals surface area contributed by atoms with Crippen LogP contribution in [0.1, 0.15) is 76.0 Å². The number of aromatic nitrogens is 5. The Bertz CT molecular complexity index is 1390. The Balaban J connectivity index is 1.77. The molecule has 196 valence electrons. The highest BCUT2D eigenvalue weighted by Gasteiger charge is 2.31. The van der Waals surface area contributed by atoms with Gasteiger partial charge < -0.3 is 9.72 Å². The third-order valence-electron chi connectivity index (χ3n) is 7.37. The van der Waals surface area contributed by atoms with E-state index in [0.717, 1.165) is 52.9 Å². The fourth-order valence-electron chi connectivity index (χ4n) is 4.69. The van der Waals surface area contributed by atoms with E-state index in [4.69, 9.17) is 4.74 Å². The van der Waals surface area contributed by atoms with Gasteiger partial charge in [0.2, 0.25) is 0 Å². The predicted octanol–water partition coefficient (Wildman–Crippen LogP) is 5.38. The van der Waals surface area contributed by atoms with Gasteiger partial charge in [-0.3, -0.25) is 9.69 Å². The van der Waals surface area contributed by atoms with E-state index in [1.54, 1.807) is 7.11 Å². The van der Waals surface area contributed by atoms with Gasteiger partial charge in [-0.1, -0.05) is 39.0 Å². The molecule has 8 nitrogen and oxygen atoms in total. The lowest BCUT2D eigenvalue weighted by molar-refractivity contribution is 0.150. The summed E-state index contributed by atoms with van der Waals surface area (Å²) in [7, 11) is 1.67. The second-order valence-electron chi connectivity index (χ2n) is 10.2. The molecule has 4 rings (SSSR count). The normalized spacial score (nSPS) is 12.8. The number of hydrogen-bond acceptors (Lipinski definition) is 6. The number of rotatable bonds is 11. The first-order valence-corrected chi connectivity index (χ1v) is 13.1. The lowest BCUT2D eigenvalue weighted by atomic mass is 10.0. The molecule has 0 aliphatic rings. The van der Waals surface area contributed by atoms with Gasteiger partial charge in [-0.15, -0.1) is 5.10 Å². The molecule has 0 fully saturated rings. The summed E-state index contributed by atoms with van der Waals surface area (Å²) in [6, 6.07) is 16.2. The molecule has 4 aromatic rings. The summed E-state index contributed by atoms with van der Waals surface area (Å²) >= 11 is 0. The molecule has 0 saturated carbocycles. The van der Waals surface area contributed by atoms with Crippen LogP contribution in [0.5, 0.6) is 5.75 Å². The van der Waals surface area contributed by atoms with Gasteiger partial charge in [-0.2, -0.15) is 0 Å². The Labute approximate surface area is 218 Å². The van der Waals surface area contributed by atoms with Gasteiger partial charge in [0.15, 0.2) is 5.82 Å². The third kappa shape index (κ3) is 5.74. The highest BCUT2D eigenvalue weighted by Crippen LogP contribution is 2.30. The summed E-state index contributed by atoms with van der Waals surface area (Å²) in [4.78, 5) is 18.6. The van der Waals surface area contributed by atoms with Crippen molar-refractivity contribution in [2.24, 2.45) is 0 Å². The molecule has 0 aliphatic heterocycles. The van der Waals surface area contributed by atoms with Crippen molar-refractivity contribution in [2.45, 2.75) is 78.6 Å². The Hall–Kier alpha value is -3.52. The number of hydrogen-bond donors (Lipinski definition) is 1. The molecule has 0 radical (unpaired) electrons. The first-order valence-electron chi connectivity index (χ1n) is 13.1. The SMILES string of the molecule is CCc1ccc2[nH]c(=O)c(CN(Cc3ccc(OC)cc3)[C@H](CC)c3nnnn3C(C)(C)CC)cc2c1. The Morgan fingerprint density at radius 2 is 1.76 bits per heavy atom. The Morgan fingerprint density at radius 3 is 2.41 bits per heavy atom. The van der Waals surface area contributed by atoms with Crippen LogP contribution in [0.2, 0.25) is 0 Å². The molecule has 0 spiro atoms. The number of pyridine rings is 1. The second kappa shape index (κ2) is 11.3. The van der Waals surface area contributed by atoms with Crippen LogP contribution in [-0.4, -0.2) is 37.2 Å². The van der Waals surface area contributed by atoms with Crippen LogP contribution in [-0.2, 0) is 25.0 Å². The number of nitrogens with zero attached hydrogens (tertiary/aromatic N) is 5. The first kappa shape index (κ1) is 26.5. The Kier molecular flexibility index (Phi) is 8.07. The molecule has 2 aromatic heterocycles. The number of benzene rings is 2. The number of tetrazole rings is 1. The van der Waals surface area contributed by atoms with E-state index in [1.807, 2.05) is 28.9 Å². The molecule has 0 saturated heterocycles. The van der Waals surface area contributed by atoms with Gasteiger partial charge in [0, 0.05) is 24.2 Å². The van der Waals surface area contributed by atoms with Crippen molar-refractivity contribution < 1.29 is 4.74 Å². The zero-order valence-corrected chi connectivity index (χ0v) is 22.8. The van der Waals surface area contributed by atoms with Crippen LogP contribution >= 0.6 is 0 Å². The van der Waals surface area contributed by atoms with Crippen LogP contribution < -0.4 is 10.3 Å². The summed E-state index contributed by atoms with van der Waals surface area (Å²) in [5, 5.41) is 13.9. The lowest BCUT2D eigenvalue weighted by Crippen LogP contribution is -2.36. The van der Waals surface area contributed by atoms with Crippen LogP contribution in [0.3, 0.4) is 0 Å². The quantitative estimate of drug-likeness (QED) is 0.296. The number of fused-ring (bicyclic) bond motifs is 1. The van der Waals surface area contributed by atoms with Gasteiger partial charge in [0.1, 0.15) is 5.75 Å². The monoisotopic (exact) mass is 502 g/mol. The molecule has 8 heteroatoms. The summed E-state index contributed by atoms with van der Waals surface area (Å²) in [5.41, 5.74) is 3.65. The van der Waals surface area contributed by atoms with Crippen molar-refractivity contribution in [2.75, 3.05) is 7.11 Å². The largest absolute Gasteiger partial charge is 0.497 e. The van der Waals surface area contributed by atoms with Crippen molar-refractivity contribution in [1.29, 1.82) is 0 Å². The van der Waals surface area contributed by atoms with Crippen LogP contribution in [0.4, 0.5) is 0 Å². The average Bonchev–Trinajstić information content (AvgIpc) is 3.40. The smallest absolute Gasteiger partial charge is 0.252 e. The molecule has 0 bridgehead atoms. The minimum Gasteiger partial charge on any atom is -0.497 e. The molecule has 1 atom stereocenters. The van der Waals surface area contributed by atoms with Gasteiger partial charge in [0.25, 0.3) is 5.56 Å². The van der Waals surface area contributed by atoms with Crippen molar-refractivity contribution in [3.05, 3.63) is 81.4 Å². The van der Waals surface area contributed by atoms with E-state index < -0.39 is 0 Å². The maximum atomic E-state index is 13.2. The minimum atomic E-state index is -0.227. The van der Waals surface area contributed by atoms with E-state index >= 15 is 0 Å². The topological polar surface area (TPSA) is 88.9 Å². The van der Waals surface area contributed by atoms with Gasteiger partial charge >= 0.3 is 0 Å². The highest BCUT2D eigenvalue weighted by molar-refractivity contribution is 5.79. The Morgan fingerprint density at radius 1 is 1.03 bits per heavy atom. The molecule has 0 amide bonds. The molecule has 2 aromatic carbocycles. The number of methoxy groups -OCH3 is 1. The molecular formula is C29H38N6O2. The van der Waals surface area contributed by atoms with E-state index in [2.05, 4.69) is 84.3 Å². The molecule has 37 heavy (non-hydrogen) atoms. The highest BCUT2D eigenvalue weighted by atomic mass is 16.5. The van der Waals surface area contributed by atoms with Crippen LogP contribution in [0, 0.1) is 0 Å². The summed E-state index contributed by atoms with van der Waals surface area (Å²) in [6.07, 6.45) is 2.63. The van der Waals surface area contributed by atoms with E-state index in [-0.39, 0.29) is 17.1 Å². The molecule has 0 aliphatic carbocycles. The maximum Gasteiger partial charge on any atom is 0.252 e. The third-order valence-corrected chi connectivity index (χ3v) is 7.37. The second-order valence-corrected chi connectivity index (χ2v) is 10.2. The molecule has 1 N–H and O–H groups in total. The van der Waals surface area contributed by atoms with E-state index in [0.29, 0.717) is 13.1 Å². The first-order chi connectivity index (χ1) is 17.8. The summed E-state index contributed by atoms with van der Waals surface area (Å²) in [5.74, 6) is 1.63. The standard InChI is InChI=1S/C29H38N6O2/c1-7-20-12-15-25-22(16-20)17-23(28(36)30-25)19-34(18-21-10-13-24(37-6)14-11-21)26(8-2)27-31-32-33-35(27)29(4,5)9-3/h10-17,26H,7-9,18-19H2,1-6H3,(H,30,36)/t26-/m1/s1. The van der Waals surface area contributed by atoms with Gasteiger partial charge in [-0.05, 0) is 90.4 Å². The summed E-state index contributed by atoms with van der Waals surface area (Å²) < 4.78 is 7.29. The molecule has 2 heterocycles. The average molecular weight is 503 g/mol. The number of ether oxygens (including phenoxy) is 1. The van der Waals surface area contributed by atoms with Crippen LogP contribution in [0.25, 0.3) is 10.9 Å². The zero-order valence-electron chi connectivity index (χ0n) is 22.8. The van der Waals surface area contributed by atoms with Crippen molar-refractivity contribution >= 4 is 10.9 Å². The lowest BCUT2D eigenvalue weighted by Gasteiger charge is -2.33. The van der Waals surface area contributed by atoms with Crippen molar-refractivity contribution in [3.63, 3.8) is 0 Å². The summed E-state index contributed by atoms with van der Waals surface area (Å²) in [6.45, 7) is 11.8. The maximum absolute atomic E-state index is 13.2. The van der Waals surface area contributed by atoms with E-state index in [9.17, 15) is 4.79 Å². The van der Waals surface area contributed by atoms with Gasteiger partial charge in [0.05, 0.1) is 18.7 Å². The number of H-pyrrole nitrogens is 1.